The third-order valence-electron chi connectivity index (χ3n) is 3.43. The van der Waals surface area contributed by atoms with Gasteiger partial charge in [0.05, 0.1) is 5.41 Å². The van der Waals surface area contributed by atoms with Crippen molar-refractivity contribution in [3.05, 3.63) is 0 Å². The number of carbonyl (C=O) groups is 2. The van der Waals surface area contributed by atoms with E-state index in [1.54, 1.807) is 5.32 Å². The van der Waals surface area contributed by atoms with Gasteiger partial charge in [-0.2, -0.15) is 8.78 Å². The van der Waals surface area contributed by atoms with Gasteiger partial charge in [0.2, 0.25) is 0 Å². The first-order valence-corrected chi connectivity index (χ1v) is 5.90. The molecule has 8 heteroatoms. The average molecular weight is 285 g/mol. The normalized spacial score (nSPS) is 19.2. The number of aliphatic carboxylic acids is 1. The van der Waals surface area contributed by atoms with Gasteiger partial charge in [-0.25, -0.2) is 8.78 Å². The van der Waals surface area contributed by atoms with Crippen molar-refractivity contribution in [2.75, 3.05) is 6.54 Å². The van der Waals surface area contributed by atoms with Crippen molar-refractivity contribution in [2.24, 2.45) is 5.41 Å². The highest BCUT2D eigenvalue weighted by Crippen LogP contribution is 2.36. The molecule has 4 nitrogen and oxygen atoms in total. The van der Waals surface area contributed by atoms with Gasteiger partial charge in [0, 0.05) is 6.54 Å². The van der Waals surface area contributed by atoms with Crippen molar-refractivity contribution in [2.45, 2.75) is 44.5 Å². The Bertz CT molecular complexity index is 354. The molecule has 19 heavy (non-hydrogen) atoms. The fourth-order valence-electron chi connectivity index (χ4n) is 2.16. The van der Waals surface area contributed by atoms with Crippen LogP contribution >= 0.6 is 0 Å². The van der Waals surface area contributed by atoms with Gasteiger partial charge in [0.15, 0.2) is 0 Å². The molecular formula is C11H15F4NO3. The number of rotatable bonds is 5. The number of carboxylic acid groups (broad SMARTS) is 1. The summed E-state index contributed by atoms with van der Waals surface area (Å²) >= 11 is 0. The zero-order valence-corrected chi connectivity index (χ0v) is 10.1. The first-order valence-electron chi connectivity index (χ1n) is 5.90. The molecule has 0 unspecified atom stereocenters. The molecule has 0 bridgehead atoms. The number of carboxylic acids is 1. The lowest BCUT2D eigenvalue weighted by atomic mass is 9.74. The predicted octanol–water partition coefficient (Wildman–Crippen LogP) is 2.04. The topological polar surface area (TPSA) is 66.4 Å². The van der Waals surface area contributed by atoms with E-state index >= 15 is 0 Å². The van der Waals surface area contributed by atoms with E-state index < -0.39 is 36.2 Å². The van der Waals surface area contributed by atoms with Crippen LogP contribution in [0.4, 0.5) is 17.6 Å². The van der Waals surface area contributed by atoms with Gasteiger partial charge in [-0.1, -0.05) is 19.3 Å². The molecule has 0 spiro atoms. The molecule has 0 aromatic heterocycles. The molecule has 1 fully saturated rings. The van der Waals surface area contributed by atoms with E-state index in [9.17, 15) is 27.2 Å². The molecule has 0 heterocycles. The summed E-state index contributed by atoms with van der Waals surface area (Å²) in [7, 11) is 0. The minimum Gasteiger partial charge on any atom is -0.481 e. The van der Waals surface area contributed by atoms with Crippen molar-refractivity contribution in [1.82, 2.24) is 5.32 Å². The summed E-state index contributed by atoms with van der Waals surface area (Å²) in [4.78, 5) is 22.2. The Labute approximate surface area is 107 Å². The Balaban J connectivity index is 2.68. The minimum absolute atomic E-state index is 0.239. The number of alkyl halides is 4. The number of nitrogens with one attached hydrogen (secondary N) is 1. The Morgan fingerprint density at radius 3 is 2.16 bits per heavy atom. The summed E-state index contributed by atoms with van der Waals surface area (Å²) in [5, 5.41) is 10.8. The lowest BCUT2D eigenvalue weighted by molar-refractivity contribution is -0.170. The zero-order valence-electron chi connectivity index (χ0n) is 10.1. The van der Waals surface area contributed by atoms with Gasteiger partial charge in [0.25, 0.3) is 5.91 Å². The van der Waals surface area contributed by atoms with E-state index in [0.29, 0.717) is 12.8 Å². The van der Waals surface area contributed by atoms with E-state index in [0.717, 1.165) is 6.42 Å². The van der Waals surface area contributed by atoms with E-state index in [1.807, 2.05) is 0 Å². The lowest BCUT2D eigenvalue weighted by Gasteiger charge is -2.33. The van der Waals surface area contributed by atoms with E-state index in [-0.39, 0.29) is 12.8 Å². The SMILES string of the molecule is O=C(O)C1(CNC(=O)C(F)(F)C(F)F)CCCCC1. The predicted molar refractivity (Wildman–Crippen MR) is 57.1 cm³/mol. The average Bonchev–Trinajstić information content (AvgIpc) is 2.36. The van der Waals surface area contributed by atoms with Crippen LogP contribution in [0.2, 0.25) is 0 Å². The molecule has 0 aliphatic heterocycles. The van der Waals surface area contributed by atoms with Crippen LogP contribution in [0.25, 0.3) is 0 Å². The number of carbonyl (C=O) groups excluding carboxylic acids is 1. The molecule has 1 amide bonds. The molecule has 1 saturated carbocycles. The van der Waals surface area contributed by atoms with Gasteiger partial charge in [-0.05, 0) is 12.8 Å². The molecular weight excluding hydrogens is 270 g/mol. The molecule has 0 atom stereocenters. The maximum atomic E-state index is 12.7. The molecule has 0 saturated heterocycles. The van der Waals surface area contributed by atoms with Crippen molar-refractivity contribution >= 4 is 11.9 Å². The third-order valence-corrected chi connectivity index (χ3v) is 3.43. The zero-order chi connectivity index (χ0) is 14.7. The Morgan fingerprint density at radius 2 is 1.74 bits per heavy atom. The Morgan fingerprint density at radius 1 is 1.21 bits per heavy atom. The highest BCUT2D eigenvalue weighted by Gasteiger charge is 2.50. The lowest BCUT2D eigenvalue weighted by Crippen LogP contribution is -2.51. The van der Waals surface area contributed by atoms with Crippen molar-refractivity contribution in [3.63, 3.8) is 0 Å². The second-order valence-electron chi connectivity index (χ2n) is 4.75. The number of amides is 1. The van der Waals surface area contributed by atoms with Crippen LogP contribution in [-0.2, 0) is 9.59 Å². The van der Waals surface area contributed by atoms with E-state index in [2.05, 4.69) is 0 Å². The molecule has 2 N–H and O–H groups in total. The van der Waals surface area contributed by atoms with Gasteiger partial charge in [0.1, 0.15) is 0 Å². The third kappa shape index (κ3) is 3.36. The monoisotopic (exact) mass is 285 g/mol. The molecule has 0 aromatic rings. The van der Waals surface area contributed by atoms with E-state index in [4.69, 9.17) is 5.11 Å². The van der Waals surface area contributed by atoms with Crippen LogP contribution in [0.1, 0.15) is 32.1 Å². The summed E-state index contributed by atoms with van der Waals surface area (Å²) in [5.41, 5.74) is -1.33. The van der Waals surface area contributed by atoms with Crippen LogP contribution in [0, 0.1) is 5.41 Å². The van der Waals surface area contributed by atoms with Gasteiger partial charge >= 0.3 is 18.3 Å². The second kappa shape index (κ2) is 5.75. The summed E-state index contributed by atoms with van der Waals surface area (Å²) < 4.78 is 49.3. The summed E-state index contributed by atoms with van der Waals surface area (Å²) in [5.74, 6) is -8.13. The molecule has 110 valence electrons. The van der Waals surface area contributed by atoms with Gasteiger partial charge in [-0.15, -0.1) is 0 Å². The fraction of sp³-hybridized carbons (Fsp3) is 0.818. The standard InChI is InChI=1S/C11H15F4NO3/c12-7(13)11(14,15)8(17)16-6-10(9(18)19)4-2-1-3-5-10/h7H,1-6H2,(H,16,17)(H,18,19). The minimum atomic E-state index is -4.80. The van der Waals surface area contributed by atoms with Gasteiger partial charge in [-0.3, -0.25) is 9.59 Å². The van der Waals surface area contributed by atoms with Crippen LogP contribution in [0.15, 0.2) is 0 Å². The Hall–Kier alpha value is -1.34. The van der Waals surface area contributed by atoms with Crippen LogP contribution in [0.5, 0.6) is 0 Å². The summed E-state index contributed by atoms with van der Waals surface area (Å²) in [6.07, 6.45) is -1.59. The number of hydrogen-bond donors (Lipinski definition) is 2. The summed E-state index contributed by atoms with van der Waals surface area (Å²) in [6, 6.07) is 0. The van der Waals surface area contributed by atoms with Gasteiger partial charge < -0.3 is 10.4 Å². The van der Waals surface area contributed by atoms with Crippen LogP contribution < -0.4 is 5.32 Å². The Kier molecular flexibility index (Phi) is 4.75. The van der Waals surface area contributed by atoms with Crippen LogP contribution in [-0.4, -0.2) is 35.9 Å². The largest absolute Gasteiger partial charge is 0.481 e. The summed E-state index contributed by atoms with van der Waals surface area (Å²) in [6.45, 7) is -0.552. The van der Waals surface area contributed by atoms with Crippen molar-refractivity contribution in [1.29, 1.82) is 0 Å². The maximum Gasteiger partial charge on any atom is 0.383 e. The molecule has 0 aromatic carbocycles. The smallest absolute Gasteiger partial charge is 0.383 e. The maximum absolute atomic E-state index is 12.7. The van der Waals surface area contributed by atoms with E-state index in [1.165, 1.54) is 0 Å². The number of halogens is 4. The first-order chi connectivity index (χ1) is 8.72. The molecule has 1 rings (SSSR count). The number of hydrogen-bond acceptors (Lipinski definition) is 2. The second-order valence-corrected chi connectivity index (χ2v) is 4.75. The van der Waals surface area contributed by atoms with Crippen molar-refractivity contribution < 1.29 is 32.3 Å². The van der Waals surface area contributed by atoms with Crippen molar-refractivity contribution in [3.8, 4) is 0 Å². The highest BCUT2D eigenvalue weighted by molar-refractivity contribution is 5.84. The quantitative estimate of drug-likeness (QED) is 0.760. The molecule has 0 radical (unpaired) electrons. The fourth-order valence-corrected chi connectivity index (χ4v) is 2.16. The first kappa shape index (κ1) is 15.7. The molecule has 1 aliphatic carbocycles. The molecule has 1 aliphatic rings. The van der Waals surface area contributed by atoms with Crippen LogP contribution in [0.3, 0.4) is 0 Å². The highest BCUT2D eigenvalue weighted by atomic mass is 19.3.